The van der Waals surface area contributed by atoms with Crippen LogP contribution in [-0.4, -0.2) is 30.2 Å². The summed E-state index contributed by atoms with van der Waals surface area (Å²) < 4.78 is 24.3. The summed E-state index contributed by atoms with van der Waals surface area (Å²) in [6.07, 6.45) is -0.739. The second-order valence-electron chi connectivity index (χ2n) is 6.41. The van der Waals surface area contributed by atoms with Crippen molar-refractivity contribution in [3.05, 3.63) is 65.3 Å². The highest BCUT2D eigenvalue weighted by Crippen LogP contribution is 2.23. The molecule has 0 bridgehead atoms. The van der Waals surface area contributed by atoms with Gasteiger partial charge in [-0.3, -0.25) is 0 Å². The van der Waals surface area contributed by atoms with E-state index in [9.17, 15) is 9.18 Å². The van der Waals surface area contributed by atoms with Crippen LogP contribution in [0, 0.1) is 12.7 Å². The van der Waals surface area contributed by atoms with Crippen LogP contribution in [-0.2, 0) is 4.74 Å². The van der Waals surface area contributed by atoms with E-state index in [4.69, 9.17) is 9.26 Å². The number of rotatable bonds is 5. The minimum absolute atomic E-state index is 0.142. The first-order valence-electron chi connectivity index (χ1n) is 8.43. The molecule has 0 radical (unpaired) electrons. The van der Waals surface area contributed by atoms with Crippen molar-refractivity contribution in [1.29, 1.82) is 0 Å². The Balaban J connectivity index is 1.74. The van der Waals surface area contributed by atoms with Crippen LogP contribution in [0.4, 0.5) is 10.1 Å². The summed E-state index contributed by atoms with van der Waals surface area (Å²) in [4.78, 5) is 18.5. The first kappa shape index (κ1) is 18.6. The van der Waals surface area contributed by atoms with Crippen molar-refractivity contribution in [3.63, 3.8) is 0 Å². The maximum atomic E-state index is 13.7. The predicted octanol–water partition coefficient (Wildman–Crippen LogP) is 4.17. The van der Waals surface area contributed by atoms with Crippen LogP contribution < -0.4 is 4.90 Å². The third-order valence-electron chi connectivity index (χ3n) is 4.10. The molecule has 0 amide bonds. The quantitative estimate of drug-likeness (QED) is 0.629. The zero-order valence-electron chi connectivity index (χ0n) is 15.6. The van der Waals surface area contributed by atoms with Crippen LogP contribution in [0.15, 0.2) is 47.0 Å². The molecule has 0 aliphatic rings. The summed E-state index contributed by atoms with van der Waals surface area (Å²) in [6, 6.07) is 11.8. The lowest BCUT2D eigenvalue weighted by atomic mass is 10.1. The number of esters is 1. The largest absolute Gasteiger partial charge is 0.449 e. The van der Waals surface area contributed by atoms with E-state index in [0.717, 1.165) is 5.69 Å². The summed E-state index contributed by atoms with van der Waals surface area (Å²) in [5.74, 6) is -0.462. The van der Waals surface area contributed by atoms with Gasteiger partial charge in [-0.25, -0.2) is 9.18 Å². The molecule has 3 rings (SSSR count). The third kappa shape index (κ3) is 4.13. The van der Waals surface area contributed by atoms with Crippen molar-refractivity contribution in [1.82, 2.24) is 10.1 Å². The fourth-order valence-electron chi connectivity index (χ4n) is 2.44. The van der Waals surface area contributed by atoms with Crippen LogP contribution in [0.3, 0.4) is 0 Å². The van der Waals surface area contributed by atoms with Crippen molar-refractivity contribution >= 4 is 11.7 Å². The Labute approximate surface area is 156 Å². The van der Waals surface area contributed by atoms with Crippen LogP contribution in [0.25, 0.3) is 11.4 Å². The summed E-state index contributed by atoms with van der Waals surface area (Å²) in [7, 11) is 3.78. The SMILES string of the molecule is Cc1ccc(-c2noc(C(C)OC(=O)c3cccc(N(C)C)c3)n2)cc1F. The van der Waals surface area contributed by atoms with Crippen LogP contribution in [0.2, 0.25) is 0 Å². The number of aromatic nitrogens is 2. The third-order valence-corrected chi connectivity index (χ3v) is 4.10. The molecule has 1 heterocycles. The van der Waals surface area contributed by atoms with Crippen LogP contribution in [0.5, 0.6) is 0 Å². The van der Waals surface area contributed by atoms with Gasteiger partial charge in [-0.1, -0.05) is 23.4 Å². The van der Waals surface area contributed by atoms with E-state index in [1.54, 1.807) is 44.2 Å². The Bertz CT molecular complexity index is 969. The molecular formula is C20H20FN3O3. The van der Waals surface area contributed by atoms with Crippen molar-refractivity contribution < 1.29 is 18.4 Å². The van der Waals surface area contributed by atoms with E-state index in [1.165, 1.54) is 6.07 Å². The molecule has 0 aliphatic carbocycles. The van der Waals surface area contributed by atoms with E-state index in [0.29, 0.717) is 16.7 Å². The Hall–Kier alpha value is -3.22. The van der Waals surface area contributed by atoms with E-state index < -0.39 is 12.1 Å². The van der Waals surface area contributed by atoms with Crippen molar-refractivity contribution in [2.24, 2.45) is 0 Å². The molecule has 3 aromatic rings. The molecule has 1 atom stereocenters. The number of nitrogens with zero attached hydrogens (tertiary/aromatic N) is 3. The lowest BCUT2D eigenvalue weighted by molar-refractivity contribution is 0.0265. The number of halogens is 1. The van der Waals surface area contributed by atoms with E-state index in [1.807, 2.05) is 25.1 Å². The highest BCUT2D eigenvalue weighted by Gasteiger charge is 2.20. The highest BCUT2D eigenvalue weighted by molar-refractivity contribution is 5.90. The maximum Gasteiger partial charge on any atom is 0.338 e. The second-order valence-corrected chi connectivity index (χ2v) is 6.41. The molecule has 0 fully saturated rings. The molecule has 27 heavy (non-hydrogen) atoms. The number of carbonyl (C=O) groups is 1. The number of anilines is 1. The molecule has 1 unspecified atom stereocenters. The predicted molar refractivity (Wildman–Crippen MR) is 99.0 cm³/mol. The van der Waals surface area contributed by atoms with Crippen LogP contribution in [0.1, 0.15) is 34.8 Å². The molecule has 2 aromatic carbocycles. The van der Waals surface area contributed by atoms with Gasteiger partial charge >= 0.3 is 5.97 Å². The summed E-state index contributed by atoms with van der Waals surface area (Å²) in [6.45, 7) is 3.31. The molecule has 6 nitrogen and oxygen atoms in total. The minimum atomic E-state index is -0.739. The number of ether oxygens (including phenoxy) is 1. The summed E-state index contributed by atoms with van der Waals surface area (Å²) in [5, 5.41) is 3.84. The van der Waals surface area contributed by atoms with Crippen molar-refractivity contribution in [2.45, 2.75) is 20.0 Å². The zero-order chi connectivity index (χ0) is 19.6. The number of benzene rings is 2. The van der Waals surface area contributed by atoms with E-state index in [-0.39, 0.29) is 17.5 Å². The molecule has 140 valence electrons. The average Bonchev–Trinajstić information content (AvgIpc) is 3.14. The number of carbonyl (C=O) groups excluding carboxylic acids is 1. The summed E-state index contributed by atoms with van der Waals surface area (Å²) >= 11 is 0. The Morgan fingerprint density at radius 3 is 2.70 bits per heavy atom. The fourth-order valence-corrected chi connectivity index (χ4v) is 2.44. The molecule has 0 N–H and O–H groups in total. The normalized spacial score (nSPS) is 11.9. The first-order valence-corrected chi connectivity index (χ1v) is 8.43. The van der Waals surface area contributed by atoms with Crippen molar-refractivity contribution in [3.8, 4) is 11.4 Å². The molecule has 0 aliphatic heterocycles. The Kier molecular flexibility index (Phi) is 5.21. The highest BCUT2D eigenvalue weighted by atomic mass is 19.1. The van der Waals surface area contributed by atoms with Crippen molar-refractivity contribution in [2.75, 3.05) is 19.0 Å². The standard InChI is InChI=1S/C20H20FN3O3/c1-12-8-9-14(11-17(12)21)18-22-19(27-23-18)13(2)26-20(25)15-6-5-7-16(10-15)24(3)4/h5-11,13H,1-4H3. The van der Waals surface area contributed by atoms with E-state index >= 15 is 0 Å². The van der Waals surface area contributed by atoms with Gasteiger partial charge in [-0.2, -0.15) is 4.98 Å². The minimum Gasteiger partial charge on any atom is -0.449 e. The maximum absolute atomic E-state index is 13.7. The monoisotopic (exact) mass is 369 g/mol. The fraction of sp³-hybridized carbons (Fsp3) is 0.250. The average molecular weight is 369 g/mol. The van der Waals surface area contributed by atoms with Gasteiger partial charge in [0.25, 0.3) is 5.89 Å². The molecule has 0 saturated heterocycles. The van der Waals surface area contributed by atoms with Gasteiger partial charge in [0.2, 0.25) is 5.82 Å². The lowest BCUT2D eigenvalue weighted by Gasteiger charge is -2.14. The second kappa shape index (κ2) is 7.57. The van der Waals surface area contributed by atoms with E-state index in [2.05, 4.69) is 10.1 Å². The lowest BCUT2D eigenvalue weighted by Crippen LogP contribution is -2.12. The molecular weight excluding hydrogens is 349 g/mol. The van der Waals surface area contributed by atoms with Gasteiger partial charge in [0.05, 0.1) is 5.56 Å². The number of hydrogen-bond donors (Lipinski definition) is 0. The molecule has 0 spiro atoms. The van der Waals surface area contributed by atoms with Gasteiger partial charge in [-0.15, -0.1) is 0 Å². The number of aryl methyl sites for hydroxylation is 1. The van der Waals surface area contributed by atoms with Gasteiger partial charge in [0.1, 0.15) is 5.82 Å². The Morgan fingerprint density at radius 1 is 1.22 bits per heavy atom. The van der Waals surface area contributed by atoms with Crippen LogP contribution >= 0.6 is 0 Å². The summed E-state index contributed by atoms with van der Waals surface area (Å²) in [5.41, 5.74) is 2.34. The van der Waals surface area contributed by atoms with Gasteiger partial charge in [0, 0.05) is 25.3 Å². The first-order chi connectivity index (χ1) is 12.8. The number of hydrogen-bond acceptors (Lipinski definition) is 6. The smallest absolute Gasteiger partial charge is 0.338 e. The molecule has 7 heteroatoms. The zero-order valence-corrected chi connectivity index (χ0v) is 15.6. The van der Waals surface area contributed by atoms with Gasteiger partial charge < -0.3 is 14.2 Å². The molecule has 0 saturated carbocycles. The van der Waals surface area contributed by atoms with Gasteiger partial charge in [0.15, 0.2) is 6.10 Å². The Morgan fingerprint density at radius 2 is 2.00 bits per heavy atom. The topological polar surface area (TPSA) is 68.5 Å². The molecule has 1 aromatic heterocycles. The van der Waals surface area contributed by atoms with Gasteiger partial charge in [-0.05, 0) is 43.7 Å².